The van der Waals surface area contributed by atoms with Crippen LogP contribution in [0.15, 0.2) is 72.8 Å². The lowest BCUT2D eigenvalue weighted by Crippen LogP contribution is -2.37. The average Bonchev–Trinajstić information content (AvgIpc) is 3.29. The summed E-state index contributed by atoms with van der Waals surface area (Å²) in [6.45, 7) is 2.27. The molecule has 0 saturated carbocycles. The Balaban J connectivity index is 1.29. The van der Waals surface area contributed by atoms with E-state index in [4.69, 9.17) is 28.2 Å². The molecule has 0 atom stereocenters. The molecule has 36 heavy (non-hydrogen) atoms. The van der Waals surface area contributed by atoms with Crippen LogP contribution >= 0.6 is 34.5 Å². The Morgan fingerprint density at radius 3 is 2.25 bits per heavy atom. The van der Waals surface area contributed by atoms with E-state index in [1.807, 2.05) is 54.6 Å². The van der Waals surface area contributed by atoms with Gasteiger partial charge in [0.25, 0.3) is 0 Å². The first-order valence-corrected chi connectivity index (χ1v) is 13.3. The molecule has 1 saturated heterocycles. The van der Waals surface area contributed by atoms with Gasteiger partial charge in [0.1, 0.15) is 5.82 Å². The Hall–Kier alpha value is -2.77. The van der Waals surface area contributed by atoms with E-state index in [-0.39, 0.29) is 17.6 Å². The van der Waals surface area contributed by atoms with Crippen molar-refractivity contribution in [1.82, 2.24) is 9.88 Å². The molecule has 1 amide bonds. The van der Waals surface area contributed by atoms with E-state index in [0.29, 0.717) is 21.7 Å². The van der Waals surface area contributed by atoms with Gasteiger partial charge in [-0.15, -0.1) is 0 Å². The second-order valence-electron chi connectivity index (χ2n) is 8.88. The molecule has 1 N–H and O–H groups in total. The van der Waals surface area contributed by atoms with E-state index in [2.05, 4.69) is 10.2 Å². The first-order valence-electron chi connectivity index (χ1n) is 11.7. The molecule has 0 spiro atoms. The first kappa shape index (κ1) is 24.9. The van der Waals surface area contributed by atoms with Crippen molar-refractivity contribution in [3.63, 3.8) is 0 Å². The van der Waals surface area contributed by atoms with Crippen LogP contribution in [-0.2, 0) is 11.3 Å². The zero-order valence-corrected chi connectivity index (χ0v) is 21.7. The maximum Gasteiger partial charge on any atom is 0.229 e. The number of nitrogens with one attached hydrogen (secondary N) is 1. The summed E-state index contributed by atoms with van der Waals surface area (Å²) in [7, 11) is 0. The maximum atomic E-state index is 13.5. The Bertz CT molecular complexity index is 1290. The van der Waals surface area contributed by atoms with Crippen LogP contribution in [0, 0.1) is 11.7 Å². The van der Waals surface area contributed by atoms with E-state index < -0.39 is 0 Å². The largest absolute Gasteiger partial charge is 0.302 e. The average molecular weight is 540 g/mol. The summed E-state index contributed by atoms with van der Waals surface area (Å²) in [5.41, 5.74) is 3.64. The summed E-state index contributed by atoms with van der Waals surface area (Å²) < 4.78 is 13.5. The molecule has 0 aliphatic carbocycles. The van der Waals surface area contributed by atoms with Crippen molar-refractivity contribution < 1.29 is 9.18 Å². The first-order chi connectivity index (χ1) is 17.4. The lowest BCUT2D eigenvalue weighted by Gasteiger charge is -2.31. The minimum Gasteiger partial charge on any atom is -0.302 e. The third kappa shape index (κ3) is 5.95. The summed E-state index contributed by atoms with van der Waals surface area (Å²) in [4.78, 5) is 21.1. The third-order valence-electron chi connectivity index (χ3n) is 6.33. The fourth-order valence-electron chi connectivity index (χ4n) is 4.43. The number of halogens is 3. The zero-order valence-electron chi connectivity index (χ0n) is 19.4. The monoisotopic (exact) mass is 539 g/mol. The quantitative estimate of drug-likeness (QED) is 0.272. The van der Waals surface area contributed by atoms with Crippen molar-refractivity contribution in [2.75, 3.05) is 18.4 Å². The van der Waals surface area contributed by atoms with Crippen LogP contribution in [0.3, 0.4) is 0 Å². The highest BCUT2D eigenvalue weighted by molar-refractivity contribution is 7.19. The van der Waals surface area contributed by atoms with E-state index >= 15 is 0 Å². The van der Waals surface area contributed by atoms with Crippen LogP contribution in [0.2, 0.25) is 10.0 Å². The molecule has 1 aliphatic heterocycles. The lowest BCUT2D eigenvalue weighted by atomic mass is 9.95. The molecule has 4 nitrogen and oxygen atoms in total. The predicted octanol–water partition coefficient (Wildman–Crippen LogP) is 7.77. The summed E-state index contributed by atoms with van der Waals surface area (Å²) in [5, 5.41) is 4.93. The van der Waals surface area contributed by atoms with Gasteiger partial charge in [-0.05, 0) is 73.5 Å². The van der Waals surface area contributed by atoms with Gasteiger partial charge in [0.15, 0.2) is 5.13 Å². The Morgan fingerprint density at radius 1 is 0.972 bits per heavy atom. The second kappa shape index (κ2) is 11.1. The topological polar surface area (TPSA) is 45.2 Å². The van der Waals surface area contributed by atoms with Gasteiger partial charge >= 0.3 is 0 Å². The number of hydrogen-bond donors (Lipinski definition) is 1. The van der Waals surface area contributed by atoms with Crippen molar-refractivity contribution >= 4 is 45.6 Å². The van der Waals surface area contributed by atoms with Gasteiger partial charge in [-0.2, -0.15) is 0 Å². The molecule has 4 aromatic rings. The van der Waals surface area contributed by atoms with E-state index in [9.17, 15) is 9.18 Å². The van der Waals surface area contributed by atoms with Gasteiger partial charge in [0.05, 0.1) is 10.6 Å². The number of thiazole rings is 1. The van der Waals surface area contributed by atoms with Gasteiger partial charge in [-0.25, -0.2) is 9.37 Å². The summed E-state index contributed by atoms with van der Waals surface area (Å²) in [6, 6.07) is 21.8. The Labute approximate surface area is 223 Å². The fourth-order valence-corrected chi connectivity index (χ4v) is 5.68. The number of piperidine rings is 1. The molecular weight excluding hydrogens is 516 g/mol. The smallest absolute Gasteiger partial charge is 0.229 e. The molecule has 2 heterocycles. The molecule has 8 heteroatoms. The normalized spacial score (nSPS) is 14.6. The molecule has 0 radical (unpaired) electrons. The Morgan fingerprint density at radius 2 is 1.61 bits per heavy atom. The van der Waals surface area contributed by atoms with Crippen molar-refractivity contribution in [2.45, 2.75) is 19.4 Å². The molecule has 1 aliphatic rings. The molecule has 5 rings (SSSR count). The number of rotatable bonds is 6. The van der Waals surface area contributed by atoms with Crippen LogP contribution in [-0.4, -0.2) is 28.9 Å². The van der Waals surface area contributed by atoms with Crippen LogP contribution < -0.4 is 5.32 Å². The van der Waals surface area contributed by atoms with Gasteiger partial charge < -0.3 is 5.32 Å². The van der Waals surface area contributed by atoms with Crippen molar-refractivity contribution in [1.29, 1.82) is 0 Å². The summed E-state index contributed by atoms with van der Waals surface area (Å²) >= 11 is 13.6. The van der Waals surface area contributed by atoms with Crippen molar-refractivity contribution in [3.05, 3.63) is 94.2 Å². The molecule has 1 aromatic heterocycles. The van der Waals surface area contributed by atoms with Gasteiger partial charge in [0, 0.05) is 28.1 Å². The maximum absolute atomic E-state index is 13.5. The number of carbonyl (C=O) groups is 1. The molecule has 0 unspecified atom stereocenters. The minimum atomic E-state index is -0.221. The standard InChI is InChI=1S/C28H24Cl2FN3OS/c29-22-8-4-19(5-9-22)25-26(20-6-10-23(30)11-7-20)36-28(32-25)33-27(35)21-12-14-34(15-13-21)17-18-2-1-3-24(31)16-18/h1-11,16,21H,12-15,17H2,(H,32,33,35). The third-order valence-corrected chi connectivity index (χ3v) is 7.86. The van der Waals surface area contributed by atoms with E-state index in [1.165, 1.54) is 17.4 Å². The highest BCUT2D eigenvalue weighted by Gasteiger charge is 2.26. The minimum absolute atomic E-state index is 0.0144. The second-order valence-corrected chi connectivity index (χ2v) is 10.8. The highest BCUT2D eigenvalue weighted by atomic mass is 35.5. The van der Waals surface area contributed by atoms with Crippen molar-refractivity contribution in [3.8, 4) is 21.7 Å². The van der Waals surface area contributed by atoms with Gasteiger partial charge in [0.2, 0.25) is 5.91 Å². The fraction of sp³-hybridized carbons (Fsp3) is 0.214. The number of hydrogen-bond acceptors (Lipinski definition) is 4. The number of aromatic nitrogens is 1. The molecule has 1 fully saturated rings. The number of nitrogens with zero attached hydrogens (tertiary/aromatic N) is 2. The lowest BCUT2D eigenvalue weighted by molar-refractivity contribution is -0.121. The molecular formula is C28H24Cl2FN3OS. The Kier molecular flexibility index (Phi) is 7.67. The van der Waals surface area contributed by atoms with E-state index in [0.717, 1.165) is 53.2 Å². The summed E-state index contributed by atoms with van der Waals surface area (Å²) in [6.07, 6.45) is 1.50. The van der Waals surface area contributed by atoms with Gasteiger partial charge in [-0.1, -0.05) is 70.9 Å². The van der Waals surface area contributed by atoms with Crippen LogP contribution in [0.4, 0.5) is 9.52 Å². The zero-order chi connectivity index (χ0) is 25.1. The van der Waals surface area contributed by atoms with E-state index in [1.54, 1.807) is 12.1 Å². The molecule has 0 bridgehead atoms. The van der Waals surface area contributed by atoms with Gasteiger partial charge in [-0.3, -0.25) is 9.69 Å². The number of benzene rings is 3. The van der Waals surface area contributed by atoms with Crippen LogP contribution in [0.1, 0.15) is 18.4 Å². The molecule has 3 aromatic carbocycles. The highest BCUT2D eigenvalue weighted by Crippen LogP contribution is 2.40. The van der Waals surface area contributed by atoms with Crippen molar-refractivity contribution in [2.24, 2.45) is 5.92 Å². The number of amides is 1. The molecule has 184 valence electrons. The summed E-state index contributed by atoms with van der Waals surface area (Å²) in [5.74, 6) is -0.323. The van der Waals surface area contributed by atoms with Crippen LogP contribution in [0.5, 0.6) is 0 Å². The number of anilines is 1. The number of likely N-dealkylation sites (tertiary alicyclic amines) is 1. The number of carbonyl (C=O) groups excluding carboxylic acids is 1. The predicted molar refractivity (Wildman–Crippen MR) is 146 cm³/mol. The van der Waals surface area contributed by atoms with Crippen LogP contribution in [0.25, 0.3) is 21.7 Å². The SMILES string of the molecule is O=C(Nc1nc(-c2ccc(Cl)cc2)c(-c2ccc(Cl)cc2)s1)C1CCN(Cc2cccc(F)c2)CC1.